The van der Waals surface area contributed by atoms with Gasteiger partial charge in [-0.1, -0.05) is 42.5 Å². The quantitative estimate of drug-likeness (QED) is 0.760. The van der Waals surface area contributed by atoms with Gasteiger partial charge in [0.05, 0.1) is 17.2 Å². The first kappa shape index (κ1) is 17.4. The second kappa shape index (κ2) is 6.71. The number of rotatable bonds is 3. The largest absolute Gasteiger partial charge is 0.387 e. The lowest BCUT2D eigenvalue weighted by atomic mass is 9.86. The number of hydrogen-bond acceptors (Lipinski definition) is 3. The lowest BCUT2D eigenvalue weighted by Crippen LogP contribution is -2.51. The van der Waals surface area contributed by atoms with Crippen LogP contribution in [0.15, 0.2) is 67.0 Å². The Labute approximate surface area is 164 Å². The van der Waals surface area contributed by atoms with E-state index >= 15 is 0 Å². The highest BCUT2D eigenvalue weighted by Gasteiger charge is 2.54. The van der Waals surface area contributed by atoms with Crippen molar-refractivity contribution in [2.45, 2.75) is 37.3 Å². The number of fused-ring (bicyclic) bond motifs is 2. The third kappa shape index (κ3) is 2.89. The van der Waals surface area contributed by atoms with Gasteiger partial charge in [-0.3, -0.25) is 9.78 Å². The van der Waals surface area contributed by atoms with Crippen LogP contribution >= 0.6 is 0 Å². The van der Waals surface area contributed by atoms with Crippen LogP contribution in [0.4, 0.5) is 0 Å². The van der Waals surface area contributed by atoms with Crippen molar-refractivity contribution >= 4 is 16.7 Å². The molecule has 4 nitrogen and oxygen atoms in total. The Kier molecular flexibility index (Phi) is 4.17. The zero-order valence-electron chi connectivity index (χ0n) is 15.8. The van der Waals surface area contributed by atoms with Gasteiger partial charge in [0.25, 0.3) is 5.91 Å². The summed E-state index contributed by atoms with van der Waals surface area (Å²) in [6.45, 7) is 0.711. The van der Waals surface area contributed by atoms with Crippen LogP contribution in [0, 0.1) is 5.92 Å². The molecule has 1 saturated heterocycles. The van der Waals surface area contributed by atoms with E-state index in [1.807, 2.05) is 17.0 Å². The first-order valence-corrected chi connectivity index (χ1v) is 10.1. The summed E-state index contributed by atoms with van der Waals surface area (Å²) >= 11 is 0. The topological polar surface area (TPSA) is 53.4 Å². The number of hydrogen-bond donors (Lipinski definition) is 1. The lowest BCUT2D eigenvalue weighted by Gasteiger charge is -2.36. The van der Waals surface area contributed by atoms with Gasteiger partial charge in [-0.15, -0.1) is 0 Å². The summed E-state index contributed by atoms with van der Waals surface area (Å²) in [6, 6.07) is 18.2. The molecule has 4 heteroatoms. The normalized spacial score (nSPS) is 26.5. The Hall–Kier alpha value is -2.72. The molecule has 0 spiro atoms. The second-order valence-electron chi connectivity index (χ2n) is 8.23. The van der Waals surface area contributed by atoms with Crippen molar-refractivity contribution in [3.05, 3.63) is 78.1 Å². The van der Waals surface area contributed by atoms with E-state index in [0.717, 1.165) is 24.8 Å². The molecule has 1 aliphatic heterocycles. The maximum atomic E-state index is 13.1. The fourth-order valence-corrected chi connectivity index (χ4v) is 5.25. The molecule has 1 N–H and O–H groups in total. The molecule has 1 aromatic heterocycles. The van der Waals surface area contributed by atoms with Gasteiger partial charge >= 0.3 is 0 Å². The maximum Gasteiger partial charge on any atom is 0.255 e. The van der Waals surface area contributed by atoms with E-state index in [-0.39, 0.29) is 11.9 Å². The first-order chi connectivity index (χ1) is 13.6. The predicted molar refractivity (Wildman–Crippen MR) is 109 cm³/mol. The number of pyridine rings is 1. The van der Waals surface area contributed by atoms with E-state index < -0.39 is 5.60 Å². The van der Waals surface area contributed by atoms with Crippen LogP contribution in [-0.2, 0) is 6.42 Å². The van der Waals surface area contributed by atoms with Crippen molar-refractivity contribution in [2.24, 2.45) is 5.92 Å². The van der Waals surface area contributed by atoms with Crippen LogP contribution in [0.5, 0.6) is 0 Å². The molecule has 3 aromatic rings. The van der Waals surface area contributed by atoms with Crippen molar-refractivity contribution < 1.29 is 9.90 Å². The van der Waals surface area contributed by atoms with Crippen molar-refractivity contribution in [2.75, 3.05) is 6.54 Å². The van der Waals surface area contributed by atoms with Crippen LogP contribution < -0.4 is 0 Å². The molecule has 142 valence electrons. The smallest absolute Gasteiger partial charge is 0.255 e. The van der Waals surface area contributed by atoms with Gasteiger partial charge in [0, 0.05) is 25.4 Å². The first-order valence-electron chi connectivity index (χ1n) is 10.1. The SMILES string of the molecule is O=C(c1cccnc1)N1CC[C@H]2CC[C@](O)(Cc3ccc4ccccc4c3)[C@H]21. The van der Waals surface area contributed by atoms with Crippen LogP contribution in [0.25, 0.3) is 10.8 Å². The van der Waals surface area contributed by atoms with Crippen molar-refractivity contribution in [1.29, 1.82) is 0 Å². The second-order valence-corrected chi connectivity index (χ2v) is 8.23. The molecule has 0 bridgehead atoms. The van der Waals surface area contributed by atoms with Gasteiger partial charge in [-0.05, 0) is 53.6 Å². The maximum absolute atomic E-state index is 13.1. The van der Waals surface area contributed by atoms with E-state index in [9.17, 15) is 9.90 Å². The predicted octanol–water partition coefficient (Wildman–Crippen LogP) is 3.83. The number of amides is 1. The van der Waals surface area contributed by atoms with E-state index in [2.05, 4.69) is 35.3 Å². The third-order valence-electron chi connectivity index (χ3n) is 6.52. The van der Waals surface area contributed by atoms with Gasteiger partial charge in [0.15, 0.2) is 0 Å². The molecule has 28 heavy (non-hydrogen) atoms. The molecule has 1 saturated carbocycles. The molecule has 2 aliphatic rings. The molecule has 2 fully saturated rings. The molecule has 1 aliphatic carbocycles. The molecule has 5 rings (SSSR count). The lowest BCUT2D eigenvalue weighted by molar-refractivity contribution is -0.0160. The standard InChI is InChI=1S/C24H24N2O2/c27-23(21-6-3-12-25-16-21)26-13-10-19-9-11-24(28,22(19)26)15-17-7-8-18-4-1-2-5-20(18)14-17/h1-8,12,14,16,19,22,28H,9-11,13,15H2/t19-,22+,24+/m1/s1. The van der Waals surface area contributed by atoms with Crippen LogP contribution in [0.1, 0.15) is 35.2 Å². The van der Waals surface area contributed by atoms with Crippen molar-refractivity contribution in [3.63, 3.8) is 0 Å². The summed E-state index contributed by atoms with van der Waals surface area (Å²) in [4.78, 5) is 19.1. The minimum atomic E-state index is -0.874. The van der Waals surface area contributed by atoms with Gasteiger partial charge < -0.3 is 10.0 Å². The number of aromatic nitrogens is 1. The molecule has 0 unspecified atom stereocenters. The monoisotopic (exact) mass is 372 g/mol. The average molecular weight is 372 g/mol. The minimum Gasteiger partial charge on any atom is -0.387 e. The van der Waals surface area contributed by atoms with Gasteiger partial charge in [-0.25, -0.2) is 0 Å². The van der Waals surface area contributed by atoms with E-state index in [1.165, 1.54) is 10.8 Å². The third-order valence-corrected chi connectivity index (χ3v) is 6.52. The van der Waals surface area contributed by atoms with Crippen LogP contribution in [0.3, 0.4) is 0 Å². The Morgan fingerprint density at radius 3 is 2.79 bits per heavy atom. The highest BCUT2D eigenvalue weighted by atomic mass is 16.3. The summed E-state index contributed by atoms with van der Waals surface area (Å²) in [7, 11) is 0. The fraction of sp³-hybridized carbons (Fsp3) is 0.333. The average Bonchev–Trinajstić information content (AvgIpc) is 3.30. The Bertz CT molecular complexity index is 1020. The number of likely N-dealkylation sites (tertiary alicyclic amines) is 1. The fourth-order valence-electron chi connectivity index (χ4n) is 5.25. The molecule has 0 radical (unpaired) electrons. The van der Waals surface area contributed by atoms with Gasteiger partial charge in [-0.2, -0.15) is 0 Å². The molecule has 3 atom stereocenters. The summed E-state index contributed by atoms with van der Waals surface area (Å²) < 4.78 is 0. The van der Waals surface area contributed by atoms with Crippen LogP contribution in [0.2, 0.25) is 0 Å². The summed E-state index contributed by atoms with van der Waals surface area (Å²) in [5.41, 5.74) is 0.854. The molecule has 2 aromatic carbocycles. The van der Waals surface area contributed by atoms with Gasteiger partial charge in [0.2, 0.25) is 0 Å². The van der Waals surface area contributed by atoms with Crippen molar-refractivity contribution in [1.82, 2.24) is 9.88 Å². The van der Waals surface area contributed by atoms with E-state index in [0.29, 0.717) is 24.4 Å². The summed E-state index contributed by atoms with van der Waals surface area (Å²) in [5, 5.41) is 14.0. The zero-order valence-corrected chi connectivity index (χ0v) is 15.8. The number of nitrogens with zero attached hydrogens (tertiary/aromatic N) is 2. The summed E-state index contributed by atoms with van der Waals surface area (Å²) in [6.07, 6.45) is 6.56. The highest BCUT2D eigenvalue weighted by Crippen LogP contribution is 2.46. The number of carbonyl (C=O) groups excluding carboxylic acids is 1. The molecular formula is C24H24N2O2. The Morgan fingerprint density at radius 1 is 1.11 bits per heavy atom. The van der Waals surface area contributed by atoms with Crippen LogP contribution in [-0.4, -0.2) is 39.1 Å². The van der Waals surface area contributed by atoms with E-state index in [1.54, 1.807) is 24.5 Å². The number of carbonyl (C=O) groups is 1. The van der Waals surface area contributed by atoms with Crippen molar-refractivity contribution in [3.8, 4) is 0 Å². The minimum absolute atomic E-state index is 0.0144. The Balaban J connectivity index is 1.44. The highest BCUT2D eigenvalue weighted by molar-refractivity contribution is 5.94. The zero-order chi connectivity index (χ0) is 19.1. The molecular weight excluding hydrogens is 348 g/mol. The number of aliphatic hydroxyl groups is 1. The summed E-state index contributed by atoms with van der Waals surface area (Å²) in [5.74, 6) is 0.366. The van der Waals surface area contributed by atoms with E-state index in [4.69, 9.17) is 0 Å². The van der Waals surface area contributed by atoms with Gasteiger partial charge in [0.1, 0.15) is 0 Å². The molecule has 1 amide bonds. The molecule has 2 heterocycles. The Morgan fingerprint density at radius 2 is 1.96 bits per heavy atom. The number of benzene rings is 2.